The minimum atomic E-state index is -0.138. The van der Waals surface area contributed by atoms with Crippen molar-refractivity contribution in [3.63, 3.8) is 0 Å². The fourth-order valence-electron chi connectivity index (χ4n) is 3.36. The van der Waals surface area contributed by atoms with Crippen LogP contribution in [0, 0.1) is 13.8 Å². The van der Waals surface area contributed by atoms with Crippen LogP contribution in [0.3, 0.4) is 0 Å². The van der Waals surface area contributed by atoms with Crippen molar-refractivity contribution in [3.8, 4) is 28.3 Å². The second kappa shape index (κ2) is 7.60. The van der Waals surface area contributed by atoms with Crippen LogP contribution in [0.5, 0.6) is 0 Å². The molecule has 0 amide bonds. The quantitative estimate of drug-likeness (QED) is 0.333. The van der Waals surface area contributed by atoms with Gasteiger partial charge in [-0.3, -0.25) is 0 Å². The minimum Gasteiger partial charge on any atom is -0.360 e. The van der Waals surface area contributed by atoms with Crippen LogP contribution in [0.4, 0.5) is 0 Å². The third-order valence-electron chi connectivity index (χ3n) is 5.08. The Morgan fingerprint density at radius 3 is 2.23 bits per heavy atom. The van der Waals surface area contributed by atoms with E-state index in [2.05, 4.69) is 57.1 Å². The molecule has 30 heavy (non-hydrogen) atoms. The third-order valence-corrected chi connectivity index (χ3v) is 5.61. The molecule has 4 aromatic rings. The Kier molecular flexibility index (Phi) is 5.25. The lowest BCUT2D eigenvalue weighted by atomic mass is 9.93. The van der Waals surface area contributed by atoms with E-state index >= 15 is 0 Å². The summed E-state index contributed by atoms with van der Waals surface area (Å²) < 4.78 is 7.47. The summed E-state index contributed by atoms with van der Waals surface area (Å²) in [5, 5.41) is 10.3. The molecule has 0 unspecified atom stereocenters. The first-order valence-electron chi connectivity index (χ1n) is 9.75. The summed E-state index contributed by atoms with van der Waals surface area (Å²) in [5.74, 6) is 0.813. The molecule has 2 heterocycles. The highest BCUT2D eigenvalue weighted by Gasteiger charge is 2.25. The molecule has 2 aromatic heterocycles. The van der Waals surface area contributed by atoms with Gasteiger partial charge in [-0.1, -0.05) is 79.0 Å². The van der Waals surface area contributed by atoms with Crippen molar-refractivity contribution in [2.45, 2.75) is 40.0 Å². The average molecular weight is 440 g/mol. The standard InChI is InChI=1S/C24H23Cl2N3O/c1-14-6-8-16(9-7-14)23-15(2)22(19-13-21(30-28-19)24(3,4)5)27-29(23)20-11-10-17(25)12-18(20)26/h6-13H,1-5H3. The Bertz CT molecular complexity index is 1210. The molecule has 0 spiro atoms. The summed E-state index contributed by atoms with van der Waals surface area (Å²) in [7, 11) is 0. The van der Waals surface area contributed by atoms with Crippen LogP contribution in [-0.2, 0) is 5.41 Å². The van der Waals surface area contributed by atoms with Gasteiger partial charge in [0.15, 0.2) is 0 Å². The molecule has 154 valence electrons. The van der Waals surface area contributed by atoms with E-state index in [0.29, 0.717) is 15.7 Å². The van der Waals surface area contributed by atoms with Gasteiger partial charge in [0.05, 0.1) is 16.4 Å². The Balaban J connectivity index is 1.95. The van der Waals surface area contributed by atoms with E-state index in [1.807, 2.05) is 29.8 Å². The molecule has 0 aliphatic carbocycles. The molecule has 0 saturated heterocycles. The highest BCUT2D eigenvalue weighted by molar-refractivity contribution is 6.35. The number of halogens is 2. The van der Waals surface area contributed by atoms with Crippen molar-refractivity contribution in [2.24, 2.45) is 0 Å². The first kappa shape index (κ1) is 20.7. The fraction of sp³-hybridized carbons (Fsp3) is 0.250. The number of nitrogens with zero attached hydrogens (tertiary/aromatic N) is 3. The first-order valence-corrected chi connectivity index (χ1v) is 10.5. The second-order valence-electron chi connectivity index (χ2n) is 8.52. The minimum absolute atomic E-state index is 0.138. The summed E-state index contributed by atoms with van der Waals surface area (Å²) in [6, 6.07) is 15.7. The largest absolute Gasteiger partial charge is 0.360 e. The van der Waals surface area contributed by atoms with Gasteiger partial charge in [-0.15, -0.1) is 0 Å². The van der Waals surface area contributed by atoms with Crippen LogP contribution < -0.4 is 0 Å². The molecule has 4 rings (SSSR count). The van der Waals surface area contributed by atoms with Crippen LogP contribution in [0.15, 0.2) is 53.1 Å². The third kappa shape index (κ3) is 3.78. The summed E-state index contributed by atoms with van der Waals surface area (Å²) in [4.78, 5) is 0. The van der Waals surface area contributed by atoms with Crippen molar-refractivity contribution in [1.29, 1.82) is 0 Å². The summed E-state index contributed by atoms with van der Waals surface area (Å²) in [5.41, 5.74) is 6.27. The van der Waals surface area contributed by atoms with Gasteiger partial charge in [0.1, 0.15) is 17.1 Å². The summed E-state index contributed by atoms with van der Waals surface area (Å²) in [6.45, 7) is 10.4. The van der Waals surface area contributed by atoms with E-state index in [9.17, 15) is 0 Å². The van der Waals surface area contributed by atoms with E-state index in [4.69, 9.17) is 32.8 Å². The second-order valence-corrected chi connectivity index (χ2v) is 9.37. The highest BCUT2D eigenvalue weighted by Crippen LogP contribution is 2.37. The van der Waals surface area contributed by atoms with Crippen LogP contribution in [-0.4, -0.2) is 14.9 Å². The summed E-state index contributed by atoms with van der Waals surface area (Å²) in [6.07, 6.45) is 0. The molecule has 0 N–H and O–H groups in total. The number of aromatic nitrogens is 3. The molecule has 0 bridgehead atoms. The van der Waals surface area contributed by atoms with Gasteiger partial charge in [-0.2, -0.15) is 5.10 Å². The molecule has 0 fully saturated rings. The van der Waals surface area contributed by atoms with E-state index in [0.717, 1.165) is 34.0 Å². The van der Waals surface area contributed by atoms with E-state index in [-0.39, 0.29) is 5.41 Å². The number of aryl methyl sites for hydroxylation is 1. The number of rotatable bonds is 3. The monoisotopic (exact) mass is 439 g/mol. The maximum Gasteiger partial charge on any atom is 0.142 e. The first-order chi connectivity index (χ1) is 14.1. The Labute approximate surface area is 186 Å². The van der Waals surface area contributed by atoms with Gasteiger partial charge in [0.2, 0.25) is 0 Å². The maximum atomic E-state index is 6.54. The lowest BCUT2D eigenvalue weighted by Crippen LogP contribution is -2.09. The zero-order valence-corrected chi connectivity index (χ0v) is 19.1. The maximum absolute atomic E-state index is 6.54. The SMILES string of the molecule is Cc1ccc(-c2c(C)c(-c3cc(C(C)(C)C)on3)nn2-c2ccc(Cl)cc2Cl)cc1. The van der Waals surface area contributed by atoms with E-state index < -0.39 is 0 Å². The Morgan fingerprint density at radius 1 is 0.933 bits per heavy atom. The molecule has 0 radical (unpaired) electrons. The van der Waals surface area contributed by atoms with Gasteiger partial charge in [-0.05, 0) is 32.0 Å². The molecule has 0 atom stereocenters. The zero-order valence-electron chi connectivity index (χ0n) is 17.6. The van der Waals surface area contributed by atoms with Crippen molar-refractivity contribution >= 4 is 23.2 Å². The van der Waals surface area contributed by atoms with Gasteiger partial charge >= 0.3 is 0 Å². The molecule has 0 saturated carbocycles. The van der Waals surface area contributed by atoms with Crippen LogP contribution in [0.1, 0.15) is 37.7 Å². The van der Waals surface area contributed by atoms with E-state index in [1.54, 1.807) is 6.07 Å². The predicted molar refractivity (Wildman–Crippen MR) is 123 cm³/mol. The van der Waals surface area contributed by atoms with Crippen LogP contribution >= 0.6 is 23.2 Å². The van der Waals surface area contributed by atoms with Gasteiger partial charge in [0, 0.05) is 27.6 Å². The normalized spacial score (nSPS) is 11.8. The smallest absolute Gasteiger partial charge is 0.142 e. The Hall–Kier alpha value is -2.56. The van der Waals surface area contributed by atoms with Gasteiger partial charge in [0.25, 0.3) is 0 Å². The Morgan fingerprint density at radius 2 is 1.63 bits per heavy atom. The van der Waals surface area contributed by atoms with Crippen molar-refractivity contribution in [1.82, 2.24) is 14.9 Å². The lowest BCUT2D eigenvalue weighted by molar-refractivity contribution is 0.330. The predicted octanol–water partition coefficient (Wildman–Crippen LogP) is 7.42. The molecular formula is C24H23Cl2N3O. The molecule has 0 aliphatic rings. The molecular weight excluding hydrogens is 417 g/mol. The van der Waals surface area contributed by atoms with Gasteiger partial charge in [-0.25, -0.2) is 4.68 Å². The fourth-order valence-corrected chi connectivity index (χ4v) is 3.85. The molecule has 2 aromatic carbocycles. The van der Waals surface area contributed by atoms with Crippen molar-refractivity contribution < 1.29 is 4.52 Å². The molecule has 0 aliphatic heterocycles. The van der Waals surface area contributed by atoms with E-state index in [1.165, 1.54) is 5.56 Å². The van der Waals surface area contributed by atoms with Gasteiger partial charge < -0.3 is 4.52 Å². The van der Waals surface area contributed by atoms with Crippen LogP contribution in [0.2, 0.25) is 10.0 Å². The highest BCUT2D eigenvalue weighted by atomic mass is 35.5. The lowest BCUT2D eigenvalue weighted by Gasteiger charge is -2.12. The number of hydrogen-bond donors (Lipinski definition) is 0. The van der Waals surface area contributed by atoms with Crippen LogP contribution in [0.25, 0.3) is 28.3 Å². The zero-order chi connectivity index (χ0) is 21.6. The number of benzene rings is 2. The average Bonchev–Trinajstić information content (AvgIpc) is 3.28. The number of hydrogen-bond acceptors (Lipinski definition) is 3. The summed E-state index contributed by atoms with van der Waals surface area (Å²) >= 11 is 12.7. The molecule has 6 heteroatoms. The van der Waals surface area contributed by atoms with Crippen molar-refractivity contribution in [3.05, 3.63) is 75.5 Å². The molecule has 4 nitrogen and oxygen atoms in total. The van der Waals surface area contributed by atoms with Crippen molar-refractivity contribution in [2.75, 3.05) is 0 Å². The topological polar surface area (TPSA) is 43.9 Å².